The van der Waals surface area contributed by atoms with Gasteiger partial charge in [-0.3, -0.25) is 0 Å². The third-order valence-electron chi connectivity index (χ3n) is 9.41. The molecule has 0 aliphatic carbocycles. The fourth-order valence-electron chi connectivity index (χ4n) is 6.89. The highest BCUT2D eigenvalue weighted by Crippen LogP contribution is 2.41. The highest BCUT2D eigenvalue weighted by Gasteiger charge is 2.45. The topological polar surface area (TPSA) is 94.6 Å². The summed E-state index contributed by atoms with van der Waals surface area (Å²) in [4.78, 5) is 14.6. The lowest BCUT2D eigenvalue weighted by atomic mass is 9.79. The average Bonchev–Trinajstić information content (AvgIpc) is 3.77. The van der Waals surface area contributed by atoms with Gasteiger partial charge in [-0.15, -0.1) is 5.10 Å². The smallest absolute Gasteiger partial charge is 0.192 e. The molecule has 1 fully saturated rings. The van der Waals surface area contributed by atoms with Crippen LogP contribution in [0.1, 0.15) is 49.4 Å². The van der Waals surface area contributed by atoms with Gasteiger partial charge in [-0.25, -0.2) is 14.4 Å². The first kappa shape index (κ1) is 35.5. The van der Waals surface area contributed by atoms with E-state index in [1.165, 1.54) is 23.5 Å². The zero-order valence-electron chi connectivity index (χ0n) is 30.2. The Bertz CT molecular complexity index is 2160. The highest BCUT2D eigenvalue weighted by molar-refractivity contribution is 7.16. The molecular weight excluding hydrogens is 688 g/mol. The van der Waals surface area contributed by atoms with Crippen LogP contribution in [-0.4, -0.2) is 62.1 Å². The van der Waals surface area contributed by atoms with Crippen molar-refractivity contribution in [2.75, 3.05) is 36.5 Å². The minimum absolute atomic E-state index is 0.0702. The van der Waals surface area contributed by atoms with Crippen LogP contribution in [0.2, 0.25) is 5.04 Å². The van der Waals surface area contributed by atoms with E-state index >= 15 is 0 Å². The van der Waals surface area contributed by atoms with E-state index in [-0.39, 0.29) is 16.9 Å². The number of hydrogen-bond donors (Lipinski definition) is 1. The molecule has 0 saturated carbocycles. The molecule has 0 spiro atoms. The molecule has 1 aliphatic rings. The third kappa shape index (κ3) is 6.85. The summed E-state index contributed by atoms with van der Waals surface area (Å²) in [5.41, 5.74) is 4.37. The SMILES string of the molecule is CCc1nc2ccc(N3CCN[C@H](C(O[SiH2]C(C)(C)C)(c4ccccc4)c4ccccc4)C3)nn2c1N(C)c1nc(-c2ccc(F)cc2)c(C#N)s1. The summed E-state index contributed by atoms with van der Waals surface area (Å²) >= 11 is 1.29. The minimum Gasteiger partial charge on any atom is -0.408 e. The van der Waals surface area contributed by atoms with Crippen molar-refractivity contribution >= 4 is 43.5 Å². The Morgan fingerprint density at radius 2 is 1.65 bits per heavy atom. The molecule has 266 valence electrons. The Kier molecular flexibility index (Phi) is 9.95. The van der Waals surface area contributed by atoms with Gasteiger partial charge in [-0.2, -0.15) is 9.78 Å². The number of anilines is 3. The lowest BCUT2D eigenvalue weighted by Crippen LogP contribution is -2.62. The summed E-state index contributed by atoms with van der Waals surface area (Å²) in [5.74, 6) is 1.29. The fraction of sp³-hybridized carbons (Fsp3) is 0.300. The number of nitriles is 1. The molecule has 3 aromatic carbocycles. The van der Waals surface area contributed by atoms with Gasteiger partial charge in [0, 0.05) is 32.2 Å². The quantitative estimate of drug-likeness (QED) is 0.148. The molecule has 0 bridgehead atoms. The van der Waals surface area contributed by atoms with Crippen molar-refractivity contribution in [3.63, 3.8) is 0 Å². The Balaban J connectivity index is 1.27. The van der Waals surface area contributed by atoms with Crippen molar-refractivity contribution in [2.24, 2.45) is 0 Å². The molecule has 4 heterocycles. The van der Waals surface area contributed by atoms with Crippen LogP contribution in [-0.2, 0) is 16.4 Å². The molecule has 9 nitrogen and oxygen atoms in total. The predicted octanol–water partition coefficient (Wildman–Crippen LogP) is 7.23. The molecule has 7 rings (SSSR count). The van der Waals surface area contributed by atoms with Crippen molar-refractivity contribution in [2.45, 2.75) is 50.8 Å². The van der Waals surface area contributed by atoms with Crippen molar-refractivity contribution in [3.05, 3.63) is 125 Å². The van der Waals surface area contributed by atoms with Crippen molar-refractivity contribution in [1.82, 2.24) is 24.9 Å². The molecule has 0 amide bonds. The molecule has 1 saturated heterocycles. The second-order valence-corrected chi connectivity index (χ2v) is 18.0. The number of halogens is 1. The first-order chi connectivity index (χ1) is 25.1. The number of piperazine rings is 1. The van der Waals surface area contributed by atoms with Gasteiger partial charge in [-0.05, 0) is 59.0 Å². The number of nitrogens with one attached hydrogen (secondary N) is 1. The molecule has 0 unspecified atom stereocenters. The average molecular weight is 731 g/mol. The summed E-state index contributed by atoms with van der Waals surface area (Å²) in [6, 6.07) is 33.6. The van der Waals surface area contributed by atoms with Crippen LogP contribution in [0.4, 0.5) is 21.2 Å². The first-order valence-electron chi connectivity index (χ1n) is 17.6. The monoisotopic (exact) mass is 730 g/mol. The van der Waals surface area contributed by atoms with E-state index < -0.39 is 15.4 Å². The zero-order chi connectivity index (χ0) is 36.5. The Morgan fingerprint density at radius 1 is 0.981 bits per heavy atom. The zero-order valence-corrected chi connectivity index (χ0v) is 32.4. The van der Waals surface area contributed by atoms with E-state index in [9.17, 15) is 9.65 Å². The van der Waals surface area contributed by atoms with E-state index in [0.717, 1.165) is 47.2 Å². The van der Waals surface area contributed by atoms with Crippen LogP contribution in [0, 0.1) is 17.1 Å². The maximum absolute atomic E-state index is 13.7. The van der Waals surface area contributed by atoms with E-state index in [4.69, 9.17) is 19.5 Å². The van der Waals surface area contributed by atoms with Crippen LogP contribution >= 0.6 is 11.3 Å². The summed E-state index contributed by atoms with van der Waals surface area (Å²) < 4.78 is 22.9. The van der Waals surface area contributed by atoms with E-state index in [1.807, 2.05) is 22.5 Å². The number of fused-ring (bicyclic) bond motifs is 1. The molecule has 6 aromatic rings. The number of imidazole rings is 1. The Hall–Kier alpha value is -4.93. The molecule has 0 radical (unpaired) electrons. The van der Waals surface area contributed by atoms with Gasteiger partial charge in [0.2, 0.25) is 0 Å². The maximum Gasteiger partial charge on any atom is 0.192 e. The van der Waals surface area contributed by atoms with E-state index in [2.05, 4.69) is 111 Å². The van der Waals surface area contributed by atoms with Gasteiger partial charge < -0.3 is 19.5 Å². The largest absolute Gasteiger partial charge is 0.408 e. The number of thiazole rings is 1. The van der Waals surface area contributed by atoms with Gasteiger partial charge in [0.05, 0.1) is 11.7 Å². The predicted molar refractivity (Wildman–Crippen MR) is 210 cm³/mol. The standard InChI is InChI=1S/C40H43FN8OSSi/c1-6-31-37(47(5)38-45-36(32(25-42)51-38)27-17-19-30(41)20-18-27)49-34(44-31)21-22-35(46-49)48-24-23-43-33(26-48)40(50-52-39(2,3)4,28-13-9-7-10-14-28)29-15-11-8-12-16-29/h7-22,33,43H,6,23-24,26,52H2,1-5H3/t33-/m0/s1. The number of aryl methyl sites for hydroxylation is 1. The fourth-order valence-corrected chi connectivity index (χ4v) is 8.93. The summed E-state index contributed by atoms with van der Waals surface area (Å²) in [6.45, 7) is 11.1. The molecule has 1 N–H and O–H groups in total. The maximum atomic E-state index is 13.7. The van der Waals surface area contributed by atoms with Crippen molar-refractivity contribution in [3.8, 4) is 17.3 Å². The molecule has 52 heavy (non-hydrogen) atoms. The third-order valence-corrected chi connectivity index (χ3v) is 11.9. The summed E-state index contributed by atoms with van der Waals surface area (Å²) in [5, 5.41) is 19.8. The van der Waals surface area contributed by atoms with Crippen molar-refractivity contribution < 1.29 is 8.82 Å². The van der Waals surface area contributed by atoms with E-state index in [0.29, 0.717) is 34.2 Å². The molecule has 12 heteroatoms. The van der Waals surface area contributed by atoms with Crippen LogP contribution in [0.5, 0.6) is 0 Å². The van der Waals surface area contributed by atoms with Gasteiger partial charge >= 0.3 is 0 Å². The van der Waals surface area contributed by atoms with Gasteiger partial charge in [0.15, 0.2) is 26.4 Å². The molecule has 3 aromatic heterocycles. The van der Waals surface area contributed by atoms with Crippen LogP contribution in [0.25, 0.3) is 16.9 Å². The second-order valence-electron chi connectivity index (χ2n) is 14.3. The normalized spacial score (nSPS) is 15.4. The summed E-state index contributed by atoms with van der Waals surface area (Å²) in [7, 11) is 0.936. The molecule has 1 aliphatic heterocycles. The molecular formula is C40H43FN8OSSi. The van der Waals surface area contributed by atoms with Crippen molar-refractivity contribution in [1.29, 1.82) is 5.26 Å². The van der Waals surface area contributed by atoms with Crippen LogP contribution in [0.15, 0.2) is 97.1 Å². The lowest BCUT2D eigenvalue weighted by molar-refractivity contribution is 0.0621. The number of hydrogen-bond acceptors (Lipinski definition) is 9. The summed E-state index contributed by atoms with van der Waals surface area (Å²) in [6.07, 6.45) is 0.682. The Morgan fingerprint density at radius 3 is 2.27 bits per heavy atom. The van der Waals surface area contributed by atoms with Gasteiger partial charge in [0.1, 0.15) is 33.9 Å². The van der Waals surface area contributed by atoms with Gasteiger partial charge in [-0.1, -0.05) is 99.7 Å². The number of aromatic nitrogens is 4. The van der Waals surface area contributed by atoms with Crippen LogP contribution < -0.4 is 15.1 Å². The van der Waals surface area contributed by atoms with E-state index in [1.54, 1.807) is 12.1 Å². The Labute approximate surface area is 310 Å². The van der Waals surface area contributed by atoms with Gasteiger partial charge in [0.25, 0.3) is 0 Å². The number of rotatable bonds is 10. The lowest BCUT2D eigenvalue weighted by Gasteiger charge is -2.48. The molecule has 1 atom stereocenters. The number of benzene rings is 3. The minimum atomic E-state index is -0.991. The first-order valence-corrected chi connectivity index (χ1v) is 19.7. The van der Waals surface area contributed by atoms with Crippen LogP contribution in [0.3, 0.4) is 0 Å². The highest BCUT2D eigenvalue weighted by atomic mass is 32.1. The second kappa shape index (κ2) is 14.6. The number of nitrogens with zero attached hydrogens (tertiary/aromatic N) is 7.